The minimum atomic E-state index is -4.64. The van der Waals surface area contributed by atoms with Crippen molar-refractivity contribution in [3.63, 3.8) is 0 Å². The normalized spacial score (nSPS) is 14.7. The number of hydrogen-bond acceptors (Lipinski definition) is 8. The maximum atomic E-state index is 13.4. The average Bonchev–Trinajstić information content (AvgIpc) is 3.31. The third-order valence-electron chi connectivity index (χ3n) is 6.29. The standard InChI is InChI=1S/C27H30F6N6O3S/c1-16(28)14-41-22-10-17(2)34-25(42-15-27(31,32)33)24(22)37-23(40)13-39-7-5-38(6-8-39)4-3-9-43-26-35-20-11-18(29)19(30)12-21(20)36-26/h10-12H,1,3-9,13-15H2,2H3,(H,35,36)(H,37,40). The molecule has 2 N–H and O–H groups in total. The number of nitrogens with one attached hydrogen (secondary N) is 2. The van der Waals surface area contributed by atoms with Gasteiger partial charge in [-0.05, 0) is 19.9 Å². The van der Waals surface area contributed by atoms with Crippen molar-refractivity contribution in [2.75, 3.05) is 63.6 Å². The molecule has 3 heterocycles. The molecule has 4 rings (SSSR count). The highest BCUT2D eigenvalue weighted by molar-refractivity contribution is 7.99. The third kappa shape index (κ3) is 9.76. The summed E-state index contributed by atoms with van der Waals surface area (Å²) in [6.07, 6.45) is -3.81. The lowest BCUT2D eigenvalue weighted by molar-refractivity contribution is -0.154. The second-order valence-electron chi connectivity index (χ2n) is 9.85. The molecule has 0 unspecified atom stereocenters. The van der Waals surface area contributed by atoms with E-state index in [9.17, 15) is 31.1 Å². The summed E-state index contributed by atoms with van der Waals surface area (Å²) in [7, 11) is 0. The third-order valence-corrected chi connectivity index (χ3v) is 7.25. The summed E-state index contributed by atoms with van der Waals surface area (Å²) in [5, 5.41) is 3.10. The second-order valence-corrected chi connectivity index (χ2v) is 10.9. The smallest absolute Gasteiger partial charge is 0.422 e. The molecule has 1 aliphatic rings. The molecule has 1 aliphatic heterocycles. The Hall–Kier alpha value is -3.50. The van der Waals surface area contributed by atoms with Gasteiger partial charge in [0.25, 0.3) is 0 Å². The number of carbonyl (C=O) groups excluding carboxylic acids is 1. The van der Waals surface area contributed by atoms with Crippen molar-refractivity contribution in [3.05, 3.63) is 47.9 Å². The summed E-state index contributed by atoms with van der Waals surface area (Å²) in [6, 6.07) is 3.49. The van der Waals surface area contributed by atoms with Crippen LogP contribution in [0.4, 0.5) is 32.0 Å². The number of hydrogen-bond donors (Lipinski definition) is 2. The van der Waals surface area contributed by atoms with Gasteiger partial charge < -0.3 is 24.7 Å². The van der Waals surface area contributed by atoms with E-state index in [0.29, 0.717) is 42.4 Å². The predicted octanol–water partition coefficient (Wildman–Crippen LogP) is 5.09. The quantitative estimate of drug-likeness (QED) is 0.153. The zero-order valence-corrected chi connectivity index (χ0v) is 24.0. The van der Waals surface area contributed by atoms with Gasteiger partial charge in [-0.2, -0.15) is 13.2 Å². The number of aromatic amines is 1. The molecule has 0 saturated carbocycles. The fraction of sp³-hybridized carbons (Fsp3) is 0.444. The minimum absolute atomic E-state index is 0.0429. The van der Waals surface area contributed by atoms with E-state index in [1.165, 1.54) is 24.8 Å². The highest BCUT2D eigenvalue weighted by atomic mass is 32.2. The number of benzene rings is 1. The van der Waals surface area contributed by atoms with Gasteiger partial charge in [-0.1, -0.05) is 18.3 Å². The van der Waals surface area contributed by atoms with Crippen LogP contribution in [0.1, 0.15) is 12.1 Å². The van der Waals surface area contributed by atoms with E-state index in [0.717, 1.165) is 30.9 Å². The van der Waals surface area contributed by atoms with Gasteiger partial charge in [-0.15, -0.1) is 0 Å². The number of alkyl halides is 3. The van der Waals surface area contributed by atoms with Crippen molar-refractivity contribution in [3.8, 4) is 11.6 Å². The van der Waals surface area contributed by atoms with E-state index >= 15 is 0 Å². The maximum absolute atomic E-state index is 13.4. The lowest BCUT2D eigenvalue weighted by atomic mass is 10.2. The van der Waals surface area contributed by atoms with Gasteiger partial charge in [0, 0.05) is 55.8 Å². The maximum Gasteiger partial charge on any atom is 0.422 e. The Bertz CT molecular complexity index is 1410. The molecule has 0 spiro atoms. The van der Waals surface area contributed by atoms with Crippen LogP contribution in [0.5, 0.6) is 11.6 Å². The Morgan fingerprint density at radius 3 is 2.49 bits per heavy atom. The van der Waals surface area contributed by atoms with Gasteiger partial charge >= 0.3 is 6.18 Å². The lowest BCUT2D eigenvalue weighted by Gasteiger charge is -2.34. The lowest BCUT2D eigenvalue weighted by Crippen LogP contribution is -2.48. The molecule has 1 aromatic carbocycles. The molecular weight excluding hydrogens is 602 g/mol. The number of imidazole rings is 1. The summed E-state index contributed by atoms with van der Waals surface area (Å²) < 4.78 is 88.6. The van der Waals surface area contributed by atoms with Gasteiger partial charge in [-0.25, -0.2) is 23.1 Å². The van der Waals surface area contributed by atoms with Crippen LogP contribution in [-0.4, -0.2) is 95.1 Å². The molecule has 234 valence electrons. The van der Waals surface area contributed by atoms with Crippen LogP contribution in [0.3, 0.4) is 0 Å². The molecule has 2 aromatic heterocycles. The van der Waals surface area contributed by atoms with Crippen molar-refractivity contribution >= 4 is 34.4 Å². The van der Waals surface area contributed by atoms with E-state index in [2.05, 4.69) is 31.7 Å². The SMILES string of the molecule is C=C(F)COc1cc(C)nc(OCC(F)(F)F)c1NC(=O)CN1CCN(CCCSc2nc3cc(F)c(F)cc3[nH]2)CC1. The Morgan fingerprint density at radius 1 is 1.09 bits per heavy atom. The Morgan fingerprint density at radius 2 is 1.79 bits per heavy atom. The van der Waals surface area contributed by atoms with Gasteiger partial charge in [0.1, 0.15) is 18.1 Å². The van der Waals surface area contributed by atoms with Gasteiger partial charge in [0.15, 0.2) is 29.1 Å². The van der Waals surface area contributed by atoms with Crippen LogP contribution < -0.4 is 14.8 Å². The number of aromatic nitrogens is 3. The minimum Gasteiger partial charge on any atom is -0.484 e. The first-order valence-electron chi connectivity index (χ1n) is 13.3. The highest BCUT2D eigenvalue weighted by Gasteiger charge is 2.30. The fourth-order valence-electron chi connectivity index (χ4n) is 4.32. The molecule has 1 saturated heterocycles. The van der Waals surface area contributed by atoms with Crippen LogP contribution in [0.2, 0.25) is 0 Å². The zero-order valence-electron chi connectivity index (χ0n) is 23.2. The number of nitrogens with zero attached hydrogens (tertiary/aromatic N) is 4. The highest BCUT2D eigenvalue weighted by Crippen LogP contribution is 2.35. The summed E-state index contributed by atoms with van der Waals surface area (Å²) in [5.74, 6) is -3.08. The average molecular weight is 633 g/mol. The first-order valence-corrected chi connectivity index (χ1v) is 14.2. The van der Waals surface area contributed by atoms with E-state index in [-0.39, 0.29) is 23.7 Å². The van der Waals surface area contributed by atoms with Crippen molar-refractivity contribution in [1.29, 1.82) is 0 Å². The van der Waals surface area contributed by atoms with Crippen LogP contribution >= 0.6 is 11.8 Å². The number of H-pyrrole nitrogens is 1. The number of amides is 1. The number of fused-ring (bicyclic) bond motifs is 1. The van der Waals surface area contributed by atoms with Crippen LogP contribution in [0, 0.1) is 18.6 Å². The Labute approximate surface area is 247 Å². The van der Waals surface area contributed by atoms with Crippen molar-refractivity contribution in [2.45, 2.75) is 24.7 Å². The number of ether oxygens (including phenoxy) is 2. The fourth-order valence-corrected chi connectivity index (χ4v) is 5.13. The van der Waals surface area contributed by atoms with E-state index in [4.69, 9.17) is 9.47 Å². The number of halogens is 6. The topological polar surface area (TPSA) is 95.6 Å². The van der Waals surface area contributed by atoms with Crippen molar-refractivity contribution < 1.29 is 40.6 Å². The summed E-state index contributed by atoms with van der Waals surface area (Å²) in [5.41, 5.74) is 0.809. The Balaban J connectivity index is 1.25. The predicted molar refractivity (Wildman–Crippen MR) is 149 cm³/mol. The van der Waals surface area contributed by atoms with Crippen LogP contribution in [-0.2, 0) is 4.79 Å². The molecule has 0 bridgehead atoms. The molecule has 9 nitrogen and oxygen atoms in total. The van der Waals surface area contributed by atoms with E-state index in [1.807, 2.05) is 4.90 Å². The molecule has 1 amide bonds. The number of pyridine rings is 1. The zero-order chi connectivity index (χ0) is 31.1. The molecule has 0 radical (unpaired) electrons. The second kappa shape index (κ2) is 14.3. The Kier molecular flexibility index (Phi) is 10.8. The molecule has 3 aromatic rings. The van der Waals surface area contributed by atoms with Gasteiger partial charge in [0.05, 0.1) is 17.6 Å². The molecule has 0 aliphatic carbocycles. The van der Waals surface area contributed by atoms with Crippen molar-refractivity contribution in [1.82, 2.24) is 24.8 Å². The van der Waals surface area contributed by atoms with Gasteiger partial charge in [-0.3, -0.25) is 9.69 Å². The number of aryl methyl sites for hydroxylation is 1. The van der Waals surface area contributed by atoms with E-state index in [1.54, 1.807) is 0 Å². The number of rotatable bonds is 13. The first kappa shape index (κ1) is 32.4. The summed E-state index contributed by atoms with van der Waals surface area (Å²) in [6.45, 7) is 5.68. The number of piperazine rings is 1. The van der Waals surface area contributed by atoms with Crippen LogP contribution in [0.15, 0.2) is 35.8 Å². The molecule has 43 heavy (non-hydrogen) atoms. The van der Waals surface area contributed by atoms with Gasteiger partial charge in [0.2, 0.25) is 11.8 Å². The summed E-state index contributed by atoms with van der Waals surface area (Å²) in [4.78, 5) is 28.2. The molecule has 0 atom stereocenters. The van der Waals surface area contributed by atoms with Crippen molar-refractivity contribution in [2.24, 2.45) is 0 Å². The number of anilines is 1. The molecule has 16 heteroatoms. The molecule has 1 fully saturated rings. The molecular formula is C27H30F6N6O3S. The monoisotopic (exact) mass is 632 g/mol. The number of carbonyl (C=O) groups is 1. The largest absolute Gasteiger partial charge is 0.484 e. The first-order chi connectivity index (χ1) is 20.4. The summed E-state index contributed by atoms with van der Waals surface area (Å²) >= 11 is 1.45. The van der Waals surface area contributed by atoms with Crippen LogP contribution in [0.25, 0.3) is 11.0 Å². The van der Waals surface area contributed by atoms with E-state index < -0.39 is 48.6 Å². The number of thioether (sulfide) groups is 1.